The Balaban J connectivity index is 1.40. The molecule has 0 spiro atoms. The van der Waals surface area contributed by atoms with E-state index in [1.165, 1.54) is 31.4 Å². The van der Waals surface area contributed by atoms with Gasteiger partial charge in [-0.05, 0) is 67.6 Å². The Morgan fingerprint density at radius 3 is 2.79 bits per heavy atom. The SMILES string of the molecule is C#Cc1c(F)ccc2cc(O)cc(-c3nc(OC)c4c(NCc5cc(C)ccn5)nc(OC[C@@]56CCCN5C[C@H](F)C6)nc4c3F)c12. The zero-order valence-electron chi connectivity index (χ0n) is 25.8. The summed E-state index contributed by atoms with van der Waals surface area (Å²) in [5.74, 6) is 0.703. The number of nitrogens with zero attached hydrogens (tertiary/aromatic N) is 5. The highest BCUT2D eigenvalue weighted by Gasteiger charge is 2.49. The lowest BCUT2D eigenvalue weighted by Crippen LogP contribution is -2.43. The quantitative estimate of drug-likeness (QED) is 0.195. The summed E-state index contributed by atoms with van der Waals surface area (Å²) in [5, 5.41) is 14.5. The number of phenols is 1. The van der Waals surface area contributed by atoms with Gasteiger partial charge in [0.05, 0.1) is 30.5 Å². The summed E-state index contributed by atoms with van der Waals surface area (Å²) in [6.07, 6.45) is 8.42. The molecule has 0 unspecified atom stereocenters. The number of phenolic OH excluding ortho intramolecular Hbond substituents is 1. The number of terminal acetylenes is 1. The predicted octanol–water partition coefficient (Wildman–Crippen LogP) is 6.09. The molecule has 2 aromatic carbocycles. The fraction of sp³-hybridized carbons (Fsp3) is 0.314. The summed E-state index contributed by atoms with van der Waals surface area (Å²) >= 11 is 0. The van der Waals surface area contributed by atoms with E-state index in [1.54, 1.807) is 6.20 Å². The maximum Gasteiger partial charge on any atom is 0.319 e. The van der Waals surface area contributed by atoms with Gasteiger partial charge in [-0.3, -0.25) is 9.88 Å². The van der Waals surface area contributed by atoms with Gasteiger partial charge in [0.15, 0.2) is 5.82 Å². The first-order chi connectivity index (χ1) is 22.7. The van der Waals surface area contributed by atoms with Crippen molar-refractivity contribution in [3.8, 4) is 41.2 Å². The molecule has 2 fully saturated rings. The molecule has 2 saturated heterocycles. The number of rotatable bonds is 8. The number of hydrogen-bond acceptors (Lipinski definition) is 9. The van der Waals surface area contributed by atoms with Crippen LogP contribution in [0, 0.1) is 30.9 Å². The molecule has 12 heteroatoms. The molecule has 3 aromatic heterocycles. The molecule has 7 rings (SSSR count). The average molecular weight is 641 g/mol. The van der Waals surface area contributed by atoms with Crippen LogP contribution in [0.2, 0.25) is 0 Å². The number of benzene rings is 2. The molecule has 240 valence electrons. The normalized spacial score (nSPS) is 19.2. The summed E-state index contributed by atoms with van der Waals surface area (Å²) in [6.45, 7) is 3.41. The molecule has 9 nitrogen and oxygen atoms in total. The number of nitrogens with one attached hydrogen (secondary N) is 1. The lowest BCUT2D eigenvalue weighted by Gasteiger charge is -2.30. The molecule has 0 bridgehead atoms. The average Bonchev–Trinajstić information content (AvgIpc) is 3.58. The van der Waals surface area contributed by atoms with Crippen molar-refractivity contribution >= 4 is 27.5 Å². The van der Waals surface area contributed by atoms with Gasteiger partial charge in [-0.15, -0.1) is 6.42 Å². The molecule has 2 aliphatic rings. The number of anilines is 1. The Hall–Kier alpha value is -5.15. The summed E-state index contributed by atoms with van der Waals surface area (Å²) < 4.78 is 58.0. The van der Waals surface area contributed by atoms with Gasteiger partial charge in [-0.25, -0.2) is 18.2 Å². The minimum atomic E-state index is -0.958. The first-order valence-corrected chi connectivity index (χ1v) is 15.2. The van der Waals surface area contributed by atoms with Crippen LogP contribution in [0.3, 0.4) is 0 Å². The van der Waals surface area contributed by atoms with E-state index < -0.39 is 23.3 Å². The molecule has 2 N–H and O–H groups in total. The number of halogens is 3. The highest BCUT2D eigenvalue weighted by Crippen LogP contribution is 2.43. The van der Waals surface area contributed by atoms with Crippen LogP contribution < -0.4 is 14.8 Å². The van der Waals surface area contributed by atoms with Crippen molar-refractivity contribution in [2.75, 3.05) is 32.1 Å². The van der Waals surface area contributed by atoms with Crippen molar-refractivity contribution in [2.45, 2.75) is 44.4 Å². The molecule has 5 aromatic rings. The Bertz CT molecular complexity index is 2090. The van der Waals surface area contributed by atoms with E-state index in [-0.39, 0.29) is 69.7 Å². The van der Waals surface area contributed by atoms with Crippen LogP contribution in [0.15, 0.2) is 42.6 Å². The van der Waals surface area contributed by atoms with E-state index in [0.29, 0.717) is 24.0 Å². The van der Waals surface area contributed by atoms with E-state index in [0.717, 1.165) is 24.9 Å². The van der Waals surface area contributed by atoms with Crippen LogP contribution in [-0.2, 0) is 6.54 Å². The van der Waals surface area contributed by atoms with Gasteiger partial charge < -0.3 is 19.9 Å². The molecule has 47 heavy (non-hydrogen) atoms. The van der Waals surface area contributed by atoms with Gasteiger partial charge in [-0.1, -0.05) is 12.0 Å². The summed E-state index contributed by atoms with van der Waals surface area (Å²) in [5.41, 5.74) is 0.691. The smallest absolute Gasteiger partial charge is 0.319 e. The summed E-state index contributed by atoms with van der Waals surface area (Å²) in [6, 6.07) is 8.94. The van der Waals surface area contributed by atoms with Gasteiger partial charge in [0.25, 0.3) is 0 Å². The predicted molar refractivity (Wildman–Crippen MR) is 171 cm³/mol. The molecule has 0 saturated carbocycles. The molecular weight excluding hydrogens is 609 g/mol. The lowest BCUT2D eigenvalue weighted by molar-refractivity contribution is 0.107. The standard InChI is InChI=1S/C35H31F3N6O3/c1-4-24-26(37)7-6-20-13-23(45)14-25(27(20)24)30-29(38)31-28(33(41-30)46-3)32(40-16-22-12-19(2)8-10-39-22)43-34(42-31)47-18-35-9-5-11-44(35)17-21(36)15-35/h1,6-8,10,12-14,21,45H,5,9,11,15-18H2,2-3H3,(H,40,42,43)/t21-,35+/m1/s1. The number of aromatic nitrogens is 4. The van der Waals surface area contributed by atoms with Gasteiger partial charge in [-0.2, -0.15) is 9.97 Å². The number of ether oxygens (including phenoxy) is 2. The van der Waals surface area contributed by atoms with E-state index in [1.807, 2.05) is 19.1 Å². The number of aryl methyl sites for hydroxylation is 1. The molecule has 0 amide bonds. The largest absolute Gasteiger partial charge is 0.508 e. The van der Waals surface area contributed by atoms with E-state index >= 15 is 4.39 Å². The third-order valence-corrected chi connectivity index (χ3v) is 9.02. The maximum atomic E-state index is 16.9. The second-order valence-electron chi connectivity index (χ2n) is 12.1. The molecule has 5 heterocycles. The van der Waals surface area contributed by atoms with Crippen molar-refractivity contribution in [1.29, 1.82) is 0 Å². The van der Waals surface area contributed by atoms with Crippen LogP contribution >= 0.6 is 0 Å². The molecule has 0 aliphatic carbocycles. The Morgan fingerprint density at radius 2 is 2.00 bits per heavy atom. The fourth-order valence-electron chi connectivity index (χ4n) is 6.91. The number of alkyl halides is 1. The second-order valence-corrected chi connectivity index (χ2v) is 12.1. The van der Waals surface area contributed by atoms with E-state index in [4.69, 9.17) is 15.9 Å². The number of hydrogen-bond donors (Lipinski definition) is 2. The highest BCUT2D eigenvalue weighted by atomic mass is 19.1. The number of fused-ring (bicyclic) bond motifs is 3. The van der Waals surface area contributed by atoms with Crippen molar-refractivity contribution in [3.05, 3.63) is 71.1 Å². The Kier molecular flexibility index (Phi) is 7.72. The van der Waals surface area contributed by atoms with Crippen LogP contribution in [0.25, 0.3) is 32.9 Å². The van der Waals surface area contributed by atoms with Gasteiger partial charge >= 0.3 is 6.01 Å². The Labute approximate surface area is 268 Å². The van der Waals surface area contributed by atoms with Gasteiger partial charge in [0, 0.05) is 30.1 Å². The van der Waals surface area contributed by atoms with Gasteiger partial charge in [0.2, 0.25) is 5.88 Å². The fourth-order valence-corrected chi connectivity index (χ4v) is 6.91. The third kappa shape index (κ3) is 5.40. The first-order valence-electron chi connectivity index (χ1n) is 15.2. The van der Waals surface area contributed by atoms with E-state index in [9.17, 15) is 13.9 Å². The van der Waals surface area contributed by atoms with Gasteiger partial charge in [0.1, 0.15) is 46.8 Å². The zero-order valence-corrected chi connectivity index (χ0v) is 25.8. The topological polar surface area (TPSA) is 106 Å². The minimum absolute atomic E-state index is 0.0329. The summed E-state index contributed by atoms with van der Waals surface area (Å²) in [4.78, 5) is 20.0. The second kappa shape index (κ2) is 11.9. The third-order valence-electron chi connectivity index (χ3n) is 9.02. The van der Waals surface area contributed by atoms with Crippen LogP contribution in [-0.4, -0.2) is 68.5 Å². The molecule has 2 atom stereocenters. The lowest BCUT2D eigenvalue weighted by atomic mass is 9.95. The van der Waals surface area contributed by atoms with E-state index in [2.05, 4.69) is 36.1 Å². The Morgan fingerprint density at radius 1 is 1.15 bits per heavy atom. The monoisotopic (exact) mass is 640 g/mol. The van der Waals surface area contributed by atoms with Crippen molar-refractivity contribution in [3.63, 3.8) is 0 Å². The van der Waals surface area contributed by atoms with Crippen molar-refractivity contribution in [2.24, 2.45) is 0 Å². The van der Waals surface area contributed by atoms with Crippen LogP contribution in [0.5, 0.6) is 17.6 Å². The van der Waals surface area contributed by atoms with Crippen molar-refractivity contribution in [1.82, 2.24) is 24.8 Å². The van der Waals surface area contributed by atoms with Crippen LogP contribution in [0.4, 0.5) is 19.0 Å². The summed E-state index contributed by atoms with van der Waals surface area (Å²) in [7, 11) is 1.37. The zero-order chi connectivity index (χ0) is 32.9. The number of pyridine rings is 2. The van der Waals surface area contributed by atoms with Crippen LogP contribution in [0.1, 0.15) is 36.1 Å². The minimum Gasteiger partial charge on any atom is -0.508 e. The number of aromatic hydroxyl groups is 1. The number of methoxy groups -OCH3 is 1. The molecule has 2 aliphatic heterocycles. The first kappa shape index (κ1) is 30.5. The highest BCUT2D eigenvalue weighted by molar-refractivity contribution is 6.04. The molecular formula is C35H31F3N6O3. The maximum absolute atomic E-state index is 16.9. The van der Waals surface area contributed by atoms with Crippen molar-refractivity contribution < 1.29 is 27.8 Å². The molecule has 0 radical (unpaired) electrons.